The molecule has 0 aliphatic rings. The molecule has 0 saturated carbocycles. The molecule has 0 unspecified atom stereocenters. The molecule has 3 heteroatoms. The second-order valence-electron chi connectivity index (χ2n) is 4.59. The van der Waals surface area contributed by atoms with Crippen LogP contribution in [0, 0.1) is 0 Å². The summed E-state index contributed by atoms with van der Waals surface area (Å²) < 4.78 is 1.72. The average molecular weight is 236 g/mol. The Morgan fingerprint density at radius 2 is 1.94 bits per heavy atom. The largest absolute Gasteiger partial charge is 0.292 e. The zero-order valence-corrected chi connectivity index (χ0v) is 11.3. The first-order valence-corrected chi connectivity index (χ1v) is 6.75. The molecule has 0 aromatic carbocycles. The van der Waals surface area contributed by atoms with Crippen molar-refractivity contribution in [3.8, 4) is 0 Å². The van der Waals surface area contributed by atoms with E-state index >= 15 is 0 Å². The van der Waals surface area contributed by atoms with E-state index in [0.717, 1.165) is 30.7 Å². The fourth-order valence-electron chi connectivity index (χ4n) is 1.98. The fourth-order valence-corrected chi connectivity index (χ4v) is 1.98. The van der Waals surface area contributed by atoms with Gasteiger partial charge in [0.25, 0.3) is 0 Å². The third kappa shape index (κ3) is 4.33. The van der Waals surface area contributed by atoms with Gasteiger partial charge >= 0.3 is 0 Å². The highest BCUT2D eigenvalue weighted by molar-refractivity contribution is 5.94. The van der Waals surface area contributed by atoms with Gasteiger partial charge < -0.3 is 0 Å². The number of aromatic nitrogens is 2. The average Bonchev–Trinajstić information content (AvgIpc) is 2.70. The Hall–Kier alpha value is -1.12. The molecular formula is C14H24N2O. The van der Waals surface area contributed by atoms with Gasteiger partial charge in [-0.3, -0.25) is 9.48 Å². The number of unbranched alkanes of at least 4 members (excludes halogenated alkanes) is 4. The van der Waals surface area contributed by atoms with Crippen molar-refractivity contribution in [2.75, 3.05) is 0 Å². The molecular weight excluding hydrogens is 212 g/mol. The summed E-state index contributed by atoms with van der Waals surface area (Å²) in [5.41, 5.74) is 1.76. The summed E-state index contributed by atoms with van der Waals surface area (Å²) in [7, 11) is 1.85. The number of carbonyl (C=O) groups is 1. The van der Waals surface area contributed by atoms with Crippen LogP contribution in [0.2, 0.25) is 0 Å². The summed E-state index contributed by atoms with van der Waals surface area (Å²) >= 11 is 0. The summed E-state index contributed by atoms with van der Waals surface area (Å²) in [5.74, 6) is 0.233. The van der Waals surface area contributed by atoms with Crippen molar-refractivity contribution < 1.29 is 4.79 Å². The van der Waals surface area contributed by atoms with Crippen LogP contribution in [0.1, 0.15) is 68.6 Å². The molecule has 1 heterocycles. The molecule has 0 aliphatic carbocycles. The number of Topliss-reactive ketones (excluding diaryl/α,β-unsaturated/α-hetero) is 1. The van der Waals surface area contributed by atoms with Gasteiger partial charge in [0.1, 0.15) is 5.69 Å². The molecule has 3 nitrogen and oxygen atoms in total. The lowest BCUT2D eigenvalue weighted by Crippen LogP contribution is -2.06. The van der Waals surface area contributed by atoms with E-state index in [9.17, 15) is 4.79 Å². The van der Waals surface area contributed by atoms with Crippen molar-refractivity contribution in [1.29, 1.82) is 0 Å². The van der Waals surface area contributed by atoms with Gasteiger partial charge in [0.2, 0.25) is 0 Å². The zero-order chi connectivity index (χ0) is 12.7. The van der Waals surface area contributed by atoms with Crippen molar-refractivity contribution >= 4 is 5.78 Å². The molecule has 0 fully saturated rings. The highest BCUT2D eigenvalue weighted by Gasteiger charge is 2.11. The molecule has 0 N–H and O–H groups in total. The molecule has 0 spiro atoms. The first-order chi connectivity index (χ1) is 8.19. The van der Waals surface area contributed by atoms with Crippen LogP contribution in [0.15, 0.2) is 6.07 Å². The van der Waals surface area contributed by atoms with Crippen LogP contribution in [-0.2, 0) is 13.5 Å². The van der Waals surface area contributed by atoms with E-state index in [2.05, 4.69) is 18.9 Å². The molecule has 0 bridgehead atoms. The first kappa shape index (κ1) is 13.9. The topological polar surface area (TPSA) is 34.9 Å². The minimum atomic E-state index is 0.233. The van der Waals surface area contributed by atoms with Crippen LogP contribution in [0.4, 0.5) is 0 Å². The van der Waals surface area contributed by atoms with E-state index in [1.165, 1.54) is 19.3 Å². The Kier molecular flexibility index (Phi) is 5.95. The lowest BCUT2D eigenvalue weighted by Gasteiger charge is -2.01. The Morgan fingerprint density at radius 3 is 2.53 bits per heavy atom. The standard InChI is InChI=1S/C14H24N2O/c1-4-6-7-8-9-10-14(17)13-11-12(5-2)15-16(13)3/h11H,4-10H2,1-3H3. The molecule has 0 aliphatic heterocycles. The normalized spacial score (nSPS) is 10.8. The summed E-state index contributed by atoms with van der Waals surface area (Å²) in [5, 5.41) is 4.30. The predicted octanol–water partition coefficient (Wildman–Crippen LogP) is 3.53. The van der Waals surface area contributed by atoms with Gasteiger partial charge in [-0.1, -0.05) is 39.5 Å². The number of ketones is 1. The van der Waals surface area contributed by atoms with Crippen LogP contribution in [0.5, 0.6) is 0 Å². The number of hydrogen-bond donors (Lipinski definition) is 0. The number of aryl methyl sites for hydroxylation is 2. The van der Waals surface area contributed by atoms with E-state index in [4.69, 9.17) is 0 Å². The van der Waals surface area contributed by atoms with E-state index < -0.39 is 0 Å². The molecule has 0 atom stereocenters. The molecule has 1 aromatic rings. The van der Waals surface area contributed by atoms with Crippen LogP contribution in [-0.4, -0.2) is 15.6 Å². The van der Waals surface area contributed by atoms with Crippen molar-refractivity contribution in [2.24, 2.45) is 7.05 Å². The van der Waals surface area contributed by atoms with Crippen LogP contribution >= 0.6 is 0 Å². The minimum absolute atomic E-state index is 0.233. The van der Waals surface area contributed by atoms with Crippen molar-refractivity contribution in [3.63, 3.8) is 0 Å². The number of hydrogen-bond acceptors (Lipinski definition) is 2. The van der Waals surface area contributed by atoms with E-state index in [0.29, 0.717) is 6.42 Å². The van der Waals surface area contributed by atoms with Crippen molar-refractivity contribution in [1.82, 2.24) is 9.78 Å². The molecule has 0 amide bonds. The molecule has 0 saturated heterocycles. The fraction of sp³-hybridized carbons (Fsp3) is 0.714. The van der Waals surface area contributed by atoms with Crippen LogP contribution in [0.3, 0.4) is 0 Å². The monoisotopic (exact) mass is 236 g/mol. The van der Waals surface area contributed by atoms with Crippen LogP contribution in [0.25, 0.3) is 0 Å². The zero-order valence-electron chi connectivity index (χ0n) is 11.3. The maximum absolute atomic E-state index is 12.0. The first-order valence-electron chi connectivity index (χ1n) is 6.75. The SMILES string of the molecule is CCCCCCCC(=O)c1cc(CC)nn1C. The lowest BCUT2D eigenvalue weighted by molar-refractivity contribution is 0.0970. The Bertz CT molecular complexity index is 355. The third-order valence-corrected chi connectivity index (χ3v) is 3.09. The van der Waals surface area contributed by atoms with E-state index in [1.807, 2.05) is 13.1 Å². The number of nitrogens with zero attached hydrogens (tertiary/aromatic N) is 2. The lowest BCUT2D eigenvalue weighted by atomic mass is 10.1. The second kappa shape index (κ2) is 7.25. The second-order valence-corrected chi connectivity index (χ2v) is 4.59. The maximum Gasteiger partial charge on any atom is 0.180 e. The number of carbonyl (C=O) groups excluding carboxylic acids is 1. The van der Waals surface area contributed by atoms with Crippen molar-refractivity contribution in [3.05, 3.63) is 17.5 Å². The van der Waals surface area contributed by atoms with E-state index in [-0.39, 0.29) is 5.78 Å². The summed E-state index contributed by atoms with van der Waals surface area (Å²) in [6.45, 7) is 4.26. The highest BCUT2D eigenvalue weighted by atomic mass is 16.1. The van der Waals surface area contributed by atoms with Gasteiger partial charge in [0, 0.05) is 13.5 Å². The molecule has 96 valence electrons. The Balaban J connectivity index is 2.38. The van der Waals surface area contributed by atoms with Gasteiger partial charge in [-0.15, -0.1) is 0 Å². The molecule has 0 radical (unpaired) electrons. The smallest absolute Gasteiger partial charge is 0.180 e. The van der Waals surface area contributed by atoms with Gasteiger partial charge in [0.05, 0.1) is 5.69 Å². The maximum atomic E-state index is 12.0. The summed E-state index contributed by atoms with van der Waals surface area (Å²) in [6.07, 6.45) is 7.48. The van der Waals surface area contributed by atoms with Crippen molar-refractivity contribution in [2.45, 2.75) is 58.8 Å². The summed E-state index contributed by atoms with van der Waals surface area (Å²) in [6, 6.07) is 1.92. The van der Waals surface area contributed by atoms with Gasteiger partial charge in [-0.25, -0.2) is 0 Å². The third-order valence-electron chi connectivity index (χ3n) is 3.09. The quantitative estimate of drug-likeness (QED) is 0.511. The van der Waals surface area contributed by atoms with Gasteiger partial charge in [0.15, 0.2) is 5.78 Å². The summed E-state index contributed by atoms with van der Waals surface area (Å²) in [4.78, 5) is 12.0. The van der Waals surface area contributed by atoms with Gasteiger partial charge in [-0.2, -0.15) is 5.10 Å². The Labute approximate surface area is 104 Å². The number of rotatable bonds is 8. The van der Waals surface area contributed by atoms with Gasteiger partial charge in [-0.05, 0) is 18.9 Å². The molecule has 1 rings (SSSR count). The minimum Gasteiger partial charge on any atom is -0.292 e. The van der Waals surface area contributed by atoms with Crippen LogP contribution < -0.4 is 0 Å². The molecule has 1 aromatic heterocycles. The highest BCUT2D eigenvalue weighted by Crippen LogP contribution is 2.11. The Morgan fingerprint density at radius 1 is 1.24 bits per heavy atom. The predicted molar refractivity (Wildman–Crippen MR) is 70.3 cm³/mol. The molecule has 17 heavy (non-hydrogen) atoms. The van der Waals surface area contributed by atoms with E-state index in [1.54, 1.807) is 4.68 Å².